The van der Waals surface area contributed by atoms with E-state index in [4.69, 9.17) is 14.0 Å². The Balaban J connectivity index is 1.48. The molecule has 1 aromatic heterocycles. The number of Topliss-reactive ketones (excluding diaryl/α,β-unsaturated/α-hetero) is 1. The maximum absolute atomic E-state index is 12.2. The lowest BCUT2D eigenvalue weighted by atomic mass is 10.1. The van der Waals surface area contributed by atoms with Crippen LogP contribution in [-0.4, -0.2) is 36.1 Å². The molecule has 8 nitrogen and oxygen atoms in total. The molecule has 0 atom stereocenters. The highest BCUT2D eigenvalue weighted by Gasteiger charge is 2.12. The van der Waals surface area contributed by atoms with E-state index in [-0.39, 0.29) is 37.0 Å². The number of carbonyl (C=O) groups excluding carboxylic acids is 2. The largest absolute Gasteiger partial charge is 0.497 e. The fourth-order valence-corrected chi connectivity index (χ4v) is 2.61. The van der Waals surface area contributed by atoms with Crippen molar-refractivity contribution in [3.8, 4) is 22.9 Å². The number of benzene rings is 2. The monoisotopic (exact) mass is 395 g/mol. The third-order valence-electron chi connectivity index (χ3n) is 4.22. The molecule has 0 aliphatic carbocycles. The van der Waals surface area contributed by atoms with Gasteiger partial charge in [0.05, 0.1) is 20.8 Å². The Morgan fingerprint density at radius 3 is 2.48 bits per heavy atom. The van der Waals surface area contributed by atoms with Crippen molar-refractivity contribution in [1.82, 2.24) is 15.5 Å². The van der Waals surface area contributed by atoms with Crippen molar-refractivity contribution in [2.75, 3.05) is 14.2 Å². The molecule has 8 heteroatoms. The van der Waals surface area contributed by atoms with Crippen LogP contribution in [0, 0.1) is 0 Å². The van der Waals surface area contributed by atoms with Gasteiger partial charge >= 0.3 is 0 Å². The van der Waals surface area contributed by atoms with Crippen LogP contribution in [0.15, 0.2) is 53.1 Å². The summed E-state index contributed by atoms with van der Waals surface area (Å²) in [6.07, 6.45) is 0.162. The minimum Gasteiger partial charge on any atom is -0.497 e. The van der Waals surface area contributed by atoms with E-state index < -0.39 is 0 Å². The number of ketones is 1. The summed E-state index contributed by atoms with van der Waals surface area (Å²) in [7, 11) is 3.13. The lowest BCUT2D eigenvalue weighted by Gasteiger charge is -2.04. The summed E-state index contributed by atoms with van der Waals surface area (Å²) < 4.78 is 15.4. The van der Waals surface area contributed by atoms with E-state index in [9.17, 15) is 9.59 Å². The predicted octanol–water partition coefficient (Wildman–Crippen LogP) is 3.03. The predicted molar refractivity (Wildman–Crippen MR) is 105 cm³/mol. The third-order valence-corrected chi connectivity index (χ3v) is 4.22. The minimum atomic E-state index is -0.273. The van der Waals surface area contributed by atoms with Gasteiger partial charge in [0, 0.05) is 24.0 Å². The summed E-state index contributed by atoms with van der Waals surface area (Å²) in [4.78, 5) is 28.5. The number of rotatable bonds is 9. The molecule has 0 saturated heterocycles. The zero-order chi connectivity index (χ0) is 20.6. The van der Waals surface area contributed by atoms with Crippen molar-refractivity contribution in [3.63, 3.8) is 0 Å². The van der Waals surface area contributed by atoms with Gasteiger partial charge < -0.3 is 19.3 Å². The molecule has 0 saturated carbocycles. The number of hydrogen-bond donors (Lipinski definition) is 1. The standard InChI is InChI=1S/C21H21N3O5/c1-27-16-8-6-14(7-9-16)21-23-20(29-24-21)13-22-19(26)11-10-18(25)15-4-3-5-17(12-15)28-2/h3-9,12H,10-11,13H2,1-2H3,(H,22,26). The molecule has 0 aliphatic heterocycles. The lowest BCUT2D eigenvalue weighted by Crippen LogP contribution is -2.23. The smallest absolute Gasteiger partial charge is 0.246 e. The zero-order valence-corrected chi connectivity index (χ0v) is 16.2. The summed E-state index contributed by atoms with van der Waals surface area (Å²) in [6, 6.07) is 14.1. The molecule has 0 bridgehead atoms. The number of hydrogen-bond acceptors (Lipinski definition) is 7. The second-order valence-electron chi connectivity index (χ2n) is 6.17. The van der Waals surface area contributed by atoms with Crippen LogP contribution in [0.25, 0.3) is 11.4 Å². The Morgan fingerprint density at radius 2 is 1.76 bits per heavy atom. The first-order valence-electron chi connectivity index (χ1n) is 9.00. The van der Waals surface area contributed by atoms with E-state index in [0.29, 0.717) is 17.1 Å². The van der Waals surface area contributed by atoms with Gasteiger partial charge in [-0.05, 0) is 36.4 Å². The molecule has 3 rings (SSSR count). The molecule has 0 spiro atoms. The Kier molecular flexibility index (Phi) is 6.57. The first-order valence-corrected chi connectivity index (χ1v) is 9.00. The minimum absolute atomic E-state index is 0.0650. The normalized spacial score (nSPS) is 10.4. The van der Waals surface area contributed by atoms with E-state index >= 15 is 0 Å². The summed E-state index contributed by atoms with van der Waals surface area (Å²) >= 11 is 0. The van der Waals surface area contributed by atoms with E-state index in [1.807, 2.05) is 12.1 Å². The highest BCUT2D eigenvalue weighted by Crippen LogP contribution is 2.19. The van der Waals surface area contributed by atoms with Gasteiger partial charge in [0.25, 0.3) is 0 Å². The van der Waals surface area contributed by atoms with Gasteiger partial charge in [-0.15, -0.1) is 0 Å². The quantitative estimate of drug-likeness (QED) is 0.555. The molecule has 2 aromatic carbocycles. The van der Waals surface area contributed by atoms with Crippen molar-refractivity contribution in [1.29, 1.82) is 0 Å². The Hall–Kier alpha value is -3.68. The molecule has 0 aliphatic rings. The summed E-state index contributed by atoms with van der Waals surface area (Å²) in [5, 5.41) is 6.59. The van der Waals surface area contributed by atoms with Crippen LogP contribution < -0.4 is 14.8 Å². The highest BCUT2D eigenvalue weighted by atomic mass is 16.5. The molecule has 1 N–H and O–H groups in total. The molecule has 150 valence electrons. The topological polar surface area (TPSA) is 104 Å². The molecular weight excluding hydrogens is 374 g/mol. The average molecular weight is 395 g/mol. The second-order valence-corrected chi connectivity index (χ2v) is 6.17. The maximum atomic E-state index is 12.2. The molecule has 1 amide bonds. The Morgan fingerprint density at radius 1 is 1.00 bits per heavy atom. The van der Waals surface area contributed by atoms with Crippen LogP contribution in [0.3, 0.4) is 0 Å². The molecule has 0 unspecified atom stereocenters. The van der Waals surface area contributed by atoms with Crippen LogP contribution in [-0.2, 0) is 11.3 Å². The fourth-order valence-electron chi connectivity index (χ4n) is 2.61. The maximum Gasteiger partial charge on any atom is 0.246 e. The van der Waals surface area contributed by atoms with Gasteiger partial charge in [-0.3, -0.25) is 9.59 Å². The summed E-state index contributed by atoms with van der Waals surface area (Å²) in [5.41, 5.74) is 1.29. The van der Waals surface area contributed by atoms with E-state index in [1.54, 1.807) is 43.5 Å². The van der Waals surface area contributed by atoms with Crippen molar-refractivity contribution in [2.24, 2.45) is 0 Å². The number of carbonyl (C=O) groups is 2. The number of methoxy groups -OCH3 is 2. The van der Waals surface area contributed by atoms with Gasteiger partial charge in [0.2, 0.25) is 17.6 Å². The van der Waals surface area contributed by atoms with Crippen LogP contribution in [0.5, 0.6) is 11.5 Å². The van der Waals surface area contributed by atoms with Crippen molar-refractivity contribution < 1.29 is 23.6 Å². The summed E-state index contributed by atoms with van der Waals surface area (Å²) in [5.74, 6) is 1.63. The van der Waals surface area contributed by atoms with Gasteiger partial charge in [0.1, 0.15) is 11.5 Å². The van der Waals surface area contributed by atoms with Crippen LogP contribution in [0.2, 0.25) is 0 Å². The van der Waals surface area contributed by atoms with Crippen molar-refractivity contribution >= 4 is 11.7 Å². The number of nitrogens with zero attached hydrogens (tertiary/aromatic N) is 2. The fraction of sp³-hybridized carbons (Fsp3) is 0.238. The van der Waals surface area contributed by atoms with Gasteiger partial charge in [-0.2, -0.15) is 4.98 Å². The lowest BCUT2D eigenvalue weighted by molar-refractivity contribution is -0.121. The van der Waals surface area contributed by atoms with Crippen LogP contribution in [0.1, 0.15) is 29.1 Å². The molecular formula is C21H21N3O5. The van der Waals surface area contributed by atoms with Crippen molar-refractivity contribution in [2.45, 2.75) is 19.4 Å². The number of nitrogens with one attached hydrogen (secondary N) is 1. The van der Waals surface area contributed by atoms with E-state index in [2.05, 4.69) is 15.5 Å². The summed E-state index contributed by atoms with van der Waals surface area (Å²) in [6.45, 7) is 0.0926. The Labute approximate surface area is 167 Å². The van der Waals surface area contributed by atoms with E-state index in [1.165, 1.54) is 7.11 Å². The number of amides is 1. The second kappa shape index (κ2) is 9.50. The van der Waals surface area contributed by atoms with Crippen LogP contribution in [0.4, 0.5) is 0 Å². The molecule has 0 radical (unpaired) electrons. The molecule has 3 aromatic rings. The highest BCUT2D eigenvalue weighted by molar-refractivity contribution is 5.98. The number of aromatic nitrogens is 2. The van der Waals surface area contributed by atoms with Gasteiger partial charge in [-0.1, -0.05) is 17.3 Å². The van der Waals surface area contributed by atoms with Crippen LogP contribution >= 0.6 is 0 Å². The first kappa shape index (κ1) is 20.1. The molecule has 1 heterocycles. The molecule has 0 fully saturated rings. The van der Waals surface area contributed by atoms with Crippen molar-refractivity contribution in [3.05, 3.63) is 60.0 Å². The van der Waals surface area contributed by atoms with Gasteiger partial charge in [0.15, 0.2) is 5.78 Å². The van der Waals surface area contributed by atoms with E-state index in [0.717, 1.165) is 11.3 Å². The molecule has 29 heavy (non-hydrogen) atoms. The zero-order valence-electron chi connectivity index (χ0n) is 16.2. The Bertz CT molecular complexity index is 982. The average Bonchev–Trinajstić information content (AvgIpc) is 3.25. The first-order chi connectivity index (χ1) is 14.1. The number of ether oxygens (including phenoxy) is 2. The third kappa shape index (κ3) is 5.41. The van der Waals surface area contributed by atoms with Gasteiger partial charge in [-0.25, -0.2) is 0 Å². The SMILES string of the molecule is COc1ccc(-c2noc(CNC(=O)CCC(=O)c3cccc(OC)c3)n2)cc1.